The maximum absolute atomic E-state index is 12.5. The summed E-state index contributed by atoms with van der Waals surface area (Å²) in [5.41, 5.74) is 2.85. The van der Waals surface area contributed by atoms with Crippen molar-refractivity contribution in [1.29, 1.82) is 0 Å². The maximum Gasteiger partial charge on any atom is 0.319 e. The summed E-state index contributed by atoms with van der Waals surface area (Å²) in [6.45, 7) is 1.09. The molecule has 3 aromatic rings. The van der Waals surface area contributed by atoms with Gasteiger partial charge in [0.15, 0.2) is 11.5 Å². The summed E-state index contributed by atoms with van der Waals surface area (Å²) < 4.78 is 14.0. The Balaban J connectivity index is 1.20. The zero-order valence-electron chi connectivity index (χ0n) is 16.6. The molecule has 0 unspecified atom stereocenters. The first-order valence-corrected chi connectivity index (χ1v) is 10.3. The van der Waals surface area contributed by atoms with Crippen LogP contribution in [0, 0.1) is 0 Å². The average Bonchev–Trinajstić information content (AvgIpc) is 3.49. The molecule has 5 rings (SSSR count). The average molecular weight is 404 g/mol. The summed E-state index contributed by atoms with van der Waals surface area (Å²) >= 11 is 0. The lowest BCUT2D eigenvalue weighted by molar-refractivity contribution is -0.0716. The molecule has 1 spiro atoms. The van der Waals surface area contributed by atoms with E-state index in [1.54, 1.807) is 6.20 Å². The first kappa shape index (κ1) is 18.5. The molecule has 1 aliphatic heterocycles. The normalized spacial score (nSPS) is 16.0. The van der Waals surface area contributed by atoms with Crippen LogP contribution in [-0.4, -0.2) is 21.6 Å². The summed E-state index contributed by atoms with van der Waals surface area (Å²) in [4.78, 5) is 12.5. The molecule has 2 heterocycles. The van der Waals surface area contributed by atoms with Gasteiger partial charge in [0.25, 0.3) is 5.79 Å². The summed E-state index contributed by atoms with van der Waals surface area (Å²) in [5.74, 6) is 0.941. The van der Waals surface area contributed by atoms with Crippen molar-refractivity contribution in [2.45, 2.75) is 44.6 Å². The van der Waals surface area contributed by atoms with E-state index in [4.69, 9.17) is 9.47 Å². The van der Waals surface area contributed by atoms with Crippen LogP contribution in [0.3, 0.4) is 0 Å². The van der Waals surface area contributed by atoms with Gasteiger partial charge in [-0.25, -0.2) is 4.79 Å². The third-order valence-electron chi connectivity index (χ3n) is 5.61. The van der Waals surface area contributed by atoms with Crippen LogP contribution < -0.4 is 20.1 Å². The van der Waals surface area contributed by atoms with Crippen molar-refractivity contribution in [2.24, 2.45) is 0 Å². The molecule has 7 heteroatoms. The summed E-state index contributed by atoms with van der Waals surface area (Å²) in [6, 6.07) is 15.2. The van der Waals surface area contributed by atoms with Crippen LogP contribution in [0.1, 0.15) is 36.8 Å². The lowest BCUT2D eigenvalue weighted by atomic mass is 10.1. The minimum Gasteiger partial charge on any atom is -0.448 e. The predicted octanol–water partition coefficient (Wildman–Crippen LogP) is 4.29. The highest BCUT2D eigenvalue weighted by Crippen LogP contribution is 2.47. The number of rotatable bonds is 5. The largest absolute Gasteiger partial charge is 0.448 e. The summed E-state index contributed by atoms with van der Waals surface area (Å²) in [5, 5.41) is 10.1. The number of carbonyl (C=O) groups is 1. The number of nitrogens with one attached hydrogen (secondary N) is 2. The van der Waals surface area contributed by atoms with E-state index in [-0.39, 0.29) is 6.03 Å². The van der Waals surface area contributed by atoms with Gasteiger partial charge in [-0.2, -0.15) is 5.10 Å². The van der Waals surface area contributed by atoms with Gasteiger partial charge < -0.3 is 20.1 Å². The Kier molecular flexibility index (Phi) is 4.78. The molecule has 0 saturated heterocycles. The molecule has 2 amide bonds. The SMILES string of the molecule is O=C(NCc1ccccc1Cn1cccn1)Nc1ccc2c(c1)OC1(CCCC1)O2. The number of aromatic nitrogens is 2. The molecule has 1 fully saturated rings. The maximum atomic E-state index is 12.5. The van der Waals surface area contributed by atoms with Gasteiger partial charge in [0.05, 0.1) is 6.54 Å². The number of anilines is 1. The van der Waals surface area contributed by atoms with E-state index in [1.807, 2.05) is 59.4 Å². The van der Waals surface area contributed by atoms with E-state index in [0.29, 0.717) is 24.5 Å². The quantitative estimate of drug-likeness (QED) is 0.665. The van der Waals surface area contributed by atoms with Crippen LogP contribution in [-0.2, 0) is 13.1 Å². The zero-order valence-corrected chi connectivity index (χ0v) is 16.6. The molecule has 0 radical (unpaired) electrons. The Morgan fingerprint density at radius 3 is 2.63 bits per heavy atom. The van der Waals surface area contributed by atoms with Gasteiger partial charge in [-0.15, -0.1) is 0 Å². The monoisotopic (exact) mass is 404 g/mol. The van der Waals surface area contributed by atoms with Crippen molar-refractivity contribution in [1.82, 2.24) is 15.1 Å². The van der Waals surface area contributed by atoms with Gasteiger partial charge >= 0.3 is 6.03 Å². The van der Waals surface area contributed by atoms with Crippen LogP contribution in [0.4, 0.5) is 10.5 Å². The van der Waals surface area contributed by atoms with E-state index >= 15 is 0 Å². The van der Waals surface area contributed by atoms with Crippen molar-refractivity contribution in [2.75, 3.05) is 5.32 Å². The molecule has 30 heavy (non-hydrogen) atoms. The van der Waals surface area contributed by atoms with E-state index in [9.17, 15) is 4.79 Å². The second kappa shape index (κ2) is 7.74. The van der Waals surface area contributed by atoms with Crippen molar-refractivity contribution in [3.8, 4) is 11.5 Å². The number of nitrogens with zero attached hydrogens (tertiary/aromatic N) is 2. The van der Waals surface area contributed by atoms with Crippen LogP contribution >= 0.6 is 0 Å². The number of hydrogen-bond acceptors (Lipinski definition) is 4. The Hall–Kier alpha value is -3.48. The smallest absolute Gasteiger partial charge is 0.319 e. The zero-order chi connectivity index (χ0) is 20.4. The van der Waals surface area contributed by atoms with Gasteiger partial charge in [-0.3, -0.25) is 4.68 Å². The number of hydrogen-bond donors (Lipinski definition) is 2. The van der Waals surface area contributed by atoms with Crippen molar-refractivity contribution < 1.29 is 14.3 Å². The summed E-state index contributed by atoms with van der Waals surface area (Å²) in [6.07, 6.45) is 7.72. The number of ether oxygens (including phenoxy) is 2. The van der Waals surface area contributed by atoms with E-state index < -0.39 is 5.79 Å². The molecule has 1 saturated carbocycles. The number of amides is 2. The molecule has 1 aliphatic carbocycles. The minimum atomic E-state index is -0.499. The Morgan fingerprint density at radius 1 is 1.03 bits per heavy atom. The third kappa shape index (κ3) is 3.83. The van der Waals surface area contributed by atoms with E-state index in [2.05, 4.69) is 15.7 Å². The fourth-order valence-electron chi connectivity index (χ4n) is 4.09. The van der Waals surface area contributed by atoms with Gasteiger partial charge in [0, 0.05) is 43.5 Å². The number of carbonyl (C=O) groups excluding carboxylic acids is 1. The first-order chi connectivity index (χ1) is 14.7. The Morgan fingerprint density at radius 2 is 1.83 bits per heavy atom. The number of urea groups is 1. The van der Waals surface area contributed by atoms with Crippen molar-refractivity contribution in [3.05, 3.63) is 72.1 Å². The molecule has 1 aromatic heterocycles. The minimum absolute atomic E-state index is 0.265. The molecule has 2 aromatic carbocycles. The lowest BCUT2D eigenvalue weighted by Gasteiger charge is -2.21. The highest BCUT2D eigenvalue weighted by Gasteiger charge is 2.44. The van der Waals surface area contributed by atoms with Gasteiger partial charge in [-0.05, 0) is 42.2 Å². The van der Waals surface area contributed by atoms with E-state index in [0.717, 1.165) is 42.6 Å². The fourth-order valence-corrected chi connectivity index (χ4v) is 4.09. The van der Waals surface area contributed by atoms with Crippen LogP contribution in [0.15, 0.2) is 60.9 Å². The molecule has 154 valence electrons. The Labute approximate surface area is 175 Å². The molecule has 0 bridgehead atoms. The predicted molar refractivity (Wildman–Crippen MR) is 113 cm³/mol. The van der Waals surface area contributed by atoms with Gasteiger partial charge in [-0.1, -0.05) is 24.3 Å². The number of fused-ring (bicyclic) bond motifs is 1. The second-order valence-electron chi connectivity index (χ2n) is 7.76. The lowest BCUT2D eigenvalue weighted by Crippen LogP contribution is -2.34. The standard InChI is InChI=1S/C23H24N4O3/c28-22(24-15-17-6-1-2-7-18(17)16-27-13-5-12-25-27)26-19-8-9-20-21(14-19)30-23(29-20)10-3-4-11-23/h1-2,5-9,12-14H,3-4,10-11,15-16H2,(H2,24,26,28). The molecule has 0 atom stereocenters. The molecule has 2 aliphatic rings. The summed E-state index contributed by atoms with van der Waals surface area (Å²) in [7, 11) is 0. The van der Waals surface area contributed by atoms with Crippen molar-refractivity contribution in [3.63, 3.8) is 0 Å². The topological polar surface area (TPSA) is 77.4 Å². The van der Waals surface area contributed by atoms with Gasteiger partial charge in [0.1, 0.15) is 0 Å². The molecule has 2 N–H and O–H groups in total. The molecular weight excluding hydrogens is 380 g/mol. The highest BCUT2D eigenvalue weighted by molar-refractivity contribution is 5.89. The molecular formula is C23H24N4O3. The second-order valence-corrected chi connectivity index (χ2v) is 7.76. The van der Waals surface area contributed by atoms with Crippen LogP contribution in [0.2, 0.25) is 0 Å². The third-order valence-corrected chi connectivity index (χ3v) is 5.61. The van der Waals surface area contributed by atoms with E-state index in [1.165, 1.54) is 0 Å². The van der Waals surface area contributed by atoms with Crippen molar-refractivity contribution >= 4 is 11.7 Å². The molecule has 7 nitrogen and oxygen atoms in total. The van der Waals surface area contributed by atoms with Crippen LogP contribution in [0.25, 0.3) is 0 Å². The fraction of sp³-hybridized carbons (Fsp3) is 0.304. The van der Waals surface area contributed by atoms with Crippen LogP contribution in [0.5, 0.6) is 11.5 Å². The first-order valence-electron chi connectivity index (χ1n) is 10.3. The highest BCUT2D eigenvalue weighted by atomic mass is 16.7. The Bertz CT molecular complexity index is 1040. The van der Waals surface area contributed by atoms with Gasteiger partial charge in [0.2, 0.25) is 0 Å². The number of benzene rings is 2.